The molecule has 3 atom stereocenters. The van der Waals surface area contributed by atoms with Crippen LogP contribution < -0.4 is 5.43 Å². The zero-order valence-corrected chi connectivity index (χ0v) is 12.6. The molecular weight excluding hydrogens is 228 g/mol. The number of hydrogen-bond donors (Lipinski definition) is 1. The maximum Gasteiger partial charge on any atom is 0.0357 e. The van der Waals surface area contributed by atoms with E-state index in [9.17, 15) is 0 Å². The molecule has 2 saturated heterocycles. The molecule has 0 aliphatic carbocycles. The molecule has 0 bridgehead atoms. The molecule has 2 rings (SSSR count). The number of hydrogen-bond acceptors (Lipinski definition) is 3. The van der Waals surface area contributed by atoms with Crippen molar-refractivity contribution in [3.8, 4) is 0 Å². The van der Waals surface area contributed by atoms with Crippen LogP contribution in [0.4, 0.5) is 0 Å². The number of rotatable bonds is 2. The normalized spacial score (nSPS) is 39.2. The molecule has 0 amide bonds. The van der Waals surface area contributed by atoms with Crippen LogP contribution in [0.2, 0.25) is 0 Å². The Labute approximate surface area is 111 Å². The van der Waals surface area contributed by atoms with Crippen LogP contribution in [0.25, 0.3) is 0 Å². The maximum absolute atomic E-state index is 3.86. The van der Waals surface area contributed by atoms with E-state index in [2.05, 4.69) is 49.9 Å². The maximum atomic E-state index is 3.86. The van der Waals surface area contributed by atoms with E-state index < -0.39 is 0 Å². The summed E-state index contributed by atoms with van der Waals surface area (Å²) < 4.78 is 0. The Morgan fingerprint density at radius 3 is 2.41 bits per heavy atom. The first-order valence-electron chi connectivity index (χ1n) is 7.13. The van der Waals surface area contributed by atoms with Gasteiger partial charge in [-0.15, -0.1) is 0 Å². The lowest BCUT2D eigenvalue weighted by atomic mass is 9.82. The molecule has 2 heterocycles. The minimum Gasteiger partial charge on any atom is -0.250 e. The van der Waals surface area contributed by atoms with E-state index in [0.29, 0.717) is 23.5 Å². The lowest BCUT2D eigenvalue weighted by molar-refractivity contribution is 0.00901. The fourth-order valence-corrected chi connectivity index (χ4v) is 4.60. The van der Waals surface area contributed by atoms with Crippen molar-refractivity contribution in [2.45, 2.75) is 71.5 Å². The highest BCUT2D eigenvalue weighted by Crippen LogP contribution is 2.35. The summed E-state index contributed by atoms with van der Waals surface area (Å²) in [5, 5.41) is 2.54. The van der Waals surface area contributed by atoms with Crippen molar-refractivity contribution in [2.75, 3.05) is 11.5 Å². The Bertz CT molecular complexity index is 245. The Kier molecular flexibility index (Phi) is 4.43. The SMILES string of the molecule is CC1CCCC(C)N1NC1CSCCC1(C)C. The first kappa shape index (κ1) is 13.7. The van der Waals surface area contributed by atoms with E-state index in [1.165, 1.54) is 37.2 Å². The summed E-state index contributed by atoms with van der Waals surface area (Å²) in [6, 6.07) is 2.03. The van der Waals surface area contributed by atoms with Crippen molar-refractivity contribution in [3.63, 3.8) is 0 Å². The van der Waals surface area contributed by atoms with Gasteiger partial charge in [0.25, 0.3) is 0 Å². The zero-order valence-electron chi connectivity index (χ0n) is 11.8. The van der Waals surface area contributed by atoms with Gasteiger partial charge in [-0.3, -0.25) is 5.43 Å². The van der Waals surface area contributed by atoms with Gasteiger partial charge in [0, 0.05) is 23.9 Å². The Hall–Kier alpha value is 0.270. The molecular formula is C14H28N2S. The van der Waals surface area contributed by atoms with Crippen LogP contribution in [0, 0.1) is 5.41 Å². The van der Waals surface area contributed by atoms with Crippen LogP contribution in [-0.4, -0.2) is 34.6 Å². The first-order chi connectivity index (χ1) is 8.00. The van der Waals surface area contributed by atoms with Gasteiger partial charge in [0.05, 0.1) is 0 Å². The summed E-state index contributed by atoms with van der Waals surface area (Å²) in [5.41, 5.74) is 4.31. The van der Waals surface area contributed by atoms with E-state index in [0.717, 1.165) is 0 Å². The first-order valence-corrected chi connectivity index (χ1v) is 8.28. The third kappa shape index (κ3) is 3.18. The van der Waals surface area contributed by atoms with Gasteiger partial charge in [-0.2, -0.15) is 11.8 Å². The van der Waals surface area contributed by atoms with Crippen molar-refractivity contribution in [2.24, 2.45) is 5.41 Å². The van der Waals surface area contributed by atoms with Crippen LogP contribution in [0.1, 0.15) is 53.4 Å². The Balaban J connectivity index is 1.98. The quantitative estimate of drug-likeness (QED) is 0.816. The number of nitrogens with one attached hydrogen (secondary N) is 1. The second-order valence-electron chi connectivity index (χ2n) is 6.53. The number of piperidine rings is 1. The molecule has 2 aliphatic heterocycles. The average molecular weight is 256 g/mol. The van der Waals surface area contributed by atoms with Crippen LogP contribution in [0.5, 0.6) is 0 Å². The van der Waals surface area contributed by atoms with Crippen LogP contribution in [-0.2, 0) is 0 Å². The molecule has 0 radical (unpaired) electrons. The second-order valence-corrected chi connectivity index (χ2v) is 7.68. The minimum atomic E-state index is 0.447. The van der Waals surface area contributed by atoms with Crippen molar-refractivity contribution in [1.29, 1.82) is 0 Å². The van der Waals surface area contributed by atoms with Gasteiger partial charge < -0.3 is 0 Å². The van der Waals surface area contributed by atoms with Crippen LogP contribution >= 0.6 is 11.8 Å². The molecule has 2 fully saturated rings. The third-order valence-corrected chi connectivity index (χ3v) is 5.68. The molecule has 3 unspecified atom stereocenters. The highest BCUT2D eigenvalue weighted by Gasteiger charge is 2.36. The largest absolute Gasteiger partial charge is 0.250 e. The molecule has 0 aromatic carbocycles. The molecule has 2 nitrogen and oxygen atoms in total. The topological polar surface area (TPSA) is 15.3 Å². The van der Waals surface area contributed by atoms with Gasteiger partial charge in [-0.1, -0.05) is 20.3 Å². The van der Waals surface area contributed by atoms with Crippen LogP contribution in [0.15, 0.2) is 0 Å². The van der Waals surface area contributed by atoms with Gasteiger partial charge in [-0.05, 0) is 44.3 Å². The molecule has 1 N–H and O–H groups in total. The number of hydrazine groups is 1. The van der Waals surface area contributed by atoms with Crippen molar-refractivity contribution in [1.82, 2.24) is 10.4 Å². The third-order valence-electron chi connectivity index (χ3n) is 4.62. The predicted octanol–water partition coefficient (Wildman–Crippen LogP) is 3.29. The lowest BCUT2D eigenvalue weighted by Crippen LogP contribution is -2.60. The van der Waals surface area contributed by atoms with Gasteiger partial charge in [0.1, 0.15) is 0 Å². The Morgan fingerprint density at radius 2 is 1.82 bits per heavy atom. The standard InChI is InChI=1S/C14H28N2S/c1-11-6-5-7-12(2)16(11)15-13-10-17-9-8-14(13,3)4/h11-13,15H,5-10H2,1-4H3. The molecule has 0 saturated carbocycles. The summed E-state index contributed by atoms with van der Waals surface area (Å²) in [4.78, 5) is 0. The van der Waals surface area contributed by atoms with Gasteiger partial charge in [0.15, 0.2) is 0 Å². The Morgan fingerprint density at radius 1 is 1.18 bits per heavy atom. The second kappa shape index (κ2) is 5.50. The molecule has 3 heteroatoms. The average Bonchev–Trinajstić information content (AvgIpc) is 2.25. The smallest absolute Gasteiger partial charge is 0.0357 e. The highest BCUT2D eigenvalue weighted by molar-refractivity contribution is 7.99. The predicted molar refractivity (Wildman–Crippen MR) is 77.3 cm³/mol. The molecule has 0 aromatic heterocycles. The van der Waals surface area contributed by atoms with E-state index in [1.807, 2.05) is 0 Å². The fourth-order valence-electron chi connectivity index (χ4n) is 3.00. The van der Waals surface area contributed by atoms with Crippen LogP contribution in [0.3, 0.4) is 0 Å². The minimum absolute atomic E-state index is 0.447. The summed E-state index contributed by atoms with van der Waals surface area (Å²) in [6.45, 7) is 9.57. The van der Waals surface area contributed by atoms with E-state index >= 15 is 0 Å². The highest BCUT2D eigenvalue weighted by atomic mass is 32.2. The molecule has 0 spiro atoms. The molecule has 2 aliphatic rings. The molecule has 100 valence electrons. The van der Waals surface area contributed by atoms with Gasteiger partial charge in [0.2, 0.25) is 0 Å². The molecule has 17 heavy (non-hydrogen) atoms. The number of nitrogens with zero attached hydrogens (tertiary/aromatic N) is 1. The fraction of sp³-hybridized carbons (Fsp3) is 1.00. The van der Waals surface area contributed by atoms with Crippen molar-refractivity contribution in [3.05, 3.63) is 0 Å². The summed E-state index contributed by atoms with van der Waals surface area (Å²) >= 11 is 2.11. The zero-order chi connectivity index (χ0) is 12.5. The van der Waals surface area contributed by atoms with E-state index in [4.69, 9.17) is 0 Å². The van der Waals surface area contributed by atoms with E-state index in [1.54, 1.807) is 0 Å². The van der Waals surface area contributed by atoms with Crippen molar-refractivity contribution >= 4 is 11.8 Å². The summed E-state index contributed by atoms with van der Waals surface area (Å²) in [7, 11) is 0. The monoisotopic (exact) mass is 256 g/mol. The summed E-state index contributed by atoms with van der Waals surface area (Å²) in [6.07, 6.45) is 5.42. The summed E-state index contributed by atoms with van der Waals surface area (Å²) in [5.74, 6) is 2.60. The lowest BCUT2D eigenvalue weighted by Gasteiger charge is -2.46. The van der Waals surface area contributed by atoms with Gasteiger partial charge in [-0.25, -0.2) is 5.01 Å². The van der Waals surface area contributed by atoms with Gasteiger partial charge >= 0.3 is 0 Å². The van der Waals surface area contributed by atoms with Crippen molar-refractivity contribution < 1.29 is 0 Å². The van der Waals surface area contributed by atoms with E-state index in [-0.39, 0.29) is 0 Å². The number of thioether (sulfide) groups is 1. The molecule has 0 aromatic rings.